The topological polar surface area (TPSA) is 128 Å². The molecule has 3 atom stereocenters. The van der Waals surface area contributed by atoms with Gasteiger partial charge in [0.25, 0.3) is 0 Å². The predicted molar refractivity (Wildman–Crippen MR) is 144 cm³/mol. The highest BCUT2D eigenvalue weighted by Crippen LogP contribution is 2.24. The van der Waals surface area contributed by atoms with Crippen molar-refractivity contribution in [3.8, 4) is 0 Å². The first-order valence-electron chi connectivity index (χ1n) is 12.7. The summed E-state index contributed by atoms with van der Waals surface area (Å²) in [6.07, 6.45) is 5.52. The number of aromatic amines is 1. The van der Waals surface area contributed by atoms with E-state index in [-0.39, 0.29) is 22.8 Å². The van der Waals surface area contributed by atoms with Crippen LogP contribution in [0.3, 0.4) is 0 Å². The second-order valence-corrected chi connectivity index (χ2v) is 12.1. The van der Waals surface area contributed by atoms with Crippen molar-refractivity contribution in [2.24, 2.45) is 0 Å². The van der Waals surface area contributed by atoms with Crippen molar-refractivity contribution >= 4 is 44.2 Å². The Labute approximate surface area is 226 Å². The van der Waals surface area contributed by atoms with Crippen LogP contribution in [0.5, 0.6) is 0 Å². The van der Waals surface area contributed by atoms with E-state index in [1.807, 2.05) is 0 Å². The third kappa shape index (κ3) is 5.70. The Morgan fingerprint density at radius 2 is 1.97 bits per heavy atom. The van der Waals surface area contributed by atoms with E-state index in [2.05, 4.69) is 20.0 Å². The molecular formula is C26H31ClN6O4S. The molecule has 2 saturated heterocycles. The first-order chi connectivity index (χ1) is 18.2. The van der Waals surface area contributed by atoms with Gasteiger partial charge in [-0.2, -0.15) is 4.72 Å². The maximum absolute atomic E-state index is 13.3. The average molecular weight is 559 g/mol. The minimum Gasteiger partial charge on any atom is -0.347 e. The Balaban J connectivity index is 1.20. The first kappa shape index (κ1) is 26.6. The monoisotopic (exact) mass is 558 g/mol. The number of fused-ring (bicyclic) bond motifs is 1. The van der Waals surface area contributed by atoms with E-state index >= 15 is 0 Å². The first-order valence-corrected chi connectivity index (χ1v) is 14.6. The highest BCUT2D eigenvalue weighted by atomic mass is 35.5. The Bertz CT molecular complexity index is 1430. The highest BCUT2D eigenvalue weighted by Gasteiger charge is 2.40. The lowest BCUT2D eigenvalue weighted by Crippen LogP contribution is -2.54. The number of carbonyl (C=O) groups is 2. The molecule has 2 amide bonds. The molecule has 12 heteroatoms. The van der Waals surface area contributed by atoms with Crippen molar-refractivity contribution in [2.75, 3.05) is 19.6 Å². The molecule has 38 heavy (non-hydrogen) atoms. The Hall–Kier alpha value is -2.99. The fourth-order valence-electron chi connectivity index (χ4n) is 5.19. The Morgan fingerprint density at radius 1 is 1.18 bits per heavy atom. The van der Waals surface area contributed by atoms with Crippen LogP contribution in [0.4, 0.5) is 0 Å². The number of nitrogens with zero attached hydrogens (tertiary/aromatic N) is 3. The summed E-state index contributed by atoms with van der Waals surface area (Å²) in [5.74, 6) is -0.504. The number of aromatic nitrogens is 2. The quantitative estimate of drug-likeness (QED) is 0.389. The zero-order valence-corrected chi connectivity index (χ0v) is 22.6. The van der Waals surface area contributed by atoms with Gasteiger partial charge in [-0.05, 0) is 61.2 Å². The van der Waals surface area contributed by atoms with Crippen LogP contribution in [0.15, 0.2) is 53.8 Å². The number of amides is 2. The van der Waals surface area contributed by atoms with Gasteiger partial charge in [-0.3, -0.25) is 9.59 Å². The van der Waals surface area contributed by atoms with Crippen LogP contribution < -0.4 is 10.0 Å². The molecule has 0 radical (unpaired) electrons. The maximum atomic E-state index is 13.3. The molecule has 202 valence electrons. The van der Waals surface area contributed by atoms with Gasteiger partial charge in [0.2, 0.25) is 21.8 Å². The van der Waals surface area contributed by atoms with E-state index in [0.29, 0.717) is 37.6 Å². The lowest BCUT2D eigenvalue weighted by molar-refractivity contribution is -0.144. The SMILES string of the molecule is C[C@@H](C(=O)N1CCCC(NCc2cnc[nH]2)C1)N1CC[C@H](NS(=O)(=O)c2ccc3cc(Cl)ccc3c2)C1=O. The minimum atomic E-state index is -3.94. The average Bonchev–Trinajstić information content (AvgIpc) is 3.56. The van der Waals surface area contributed by atoms with Crippen molar-refractivity contribution in [1.82, 2.24) is 29.8 Å². The number of piperidine rings is 1. The fourth-order valence-corrected chi connectivity index (χ4v) is 6.63. The van der Waals surface area contributed by atoms with E-state index in [1.54, 1.807) is 54.7 Å². The second kappa shape index (κ2) is 11.0. The molecule has 2 aromatic carbocycles. The van der Waals surface area contributed by atoms with E-state index in [4.69, 9.17) is 11.6 Å². The van der Waals surface area contributed by atoms with E-state index < -0.39 is 22.1 Å². The van der Waals surface area contributed by atoms with Gasteiger partial charge in [0.15, 0.2) is 0 Å². The zero-order valence-electron chi connectivity index (χ0n) is 21.1. The van der Waals surface area contributed by atoms with Crippen molar-refractivity contribution in [1.29, 1.82) is 0 Å². The van der Waals surface area contributed by atoms with Gasteiger partial charge in [-0.1, -0.05) is 23.7 Å². The van der Waals surface area contributed by atoms with E-state index in [0.717, 1.165) is 29.3 Å². The summed E-state index contributed by atoms with van der Waals surface area (Å²) in [5.41, 5.74) is 0.978. The van der Waals surface area contributed by atoms with E-state index in [9.17, 15) is 18.0 Å². The van der Waals surface area contributed by atoms with E-state index in [1.165, 1.54) is 11.0 Å². The molecule has 0 bridgehead atoms. The van der Waals surface area contributed by atoms with Crippen molar-refractivity contribution in [3.05, 3.63) is 59.6 Å². The standard InChI is InChI=1S/C26H31ClN6O4S/c1-17(25(34)32-9-2-3-21(15-32)29-14-22-13-28-16-30-22)33-10-8-24(26(33)35)31-38(36,37)23-7-5-18-11-20(27)6-4-19(18)12-23/h4-7,11-13,16-17,21,24,29,31H,2-3,8-10,14-15H2,1H3,(H,28,30)/t17-,21?,24-/m0/s1. The molecule has 2 aliphatic rings. The summed E-state index contributed by atoms with van der Waals surface area (Å²) >= 11 is 6.02. The molecule has 2 fully saturated rings. The summed E-state index contributed by atoms with van der Waals surface area (Å²) in [4.78, 5) is 36.9. The molecule has 3 heterocycles. The van der Waals surface area contributed by atoms with Crippen LogP contribution in [0, 0.1) is 0 Å². The smallest absolute Gasteiger partial charge is 0.245 e. The summed E-state index contributed by atoms with van der Waals surface area (Å²) < 4.78 is 28.7. The summed E-state index contributed by atoms with van der Waals surface area (Å²) in [6, 6.07) is 8.52. The lowest BCUT2D eigenvalue weighted by atomic mass is 10.0. The van der Waals surface area contributed by atoms with Crippen LogP contribution in [-0.4, -0.2) is 77.8 Å². The summed E-state index contributed by atoms with van der Waals surface area (Å²) in [5, 5.41) is 5.58. The van der Waals surface area contributed by atoms with Crippen LogP contribution in [0.25, 0.3) is 10.8 Å². The molecule has 0 aliphatic carbocycles. The number of carbonyl (C=O) groups excluding carboxylic acids is 2. The predicted octanol–water partition coefficient (Wildman–Crippen LogP) is 2.26. The molecule has 10 nitrogen and oxygen atoms in total. The number of H-pyrrole nitrogens is 1. The normalized spacial score (nSPS) is 21.3. The largest absolute Gasteiger partial charge is 0.347 e. The highest BCUT2D eigenvalue weighted by molar-refractivity contribution is 7.89. The van der Waals surface area contributed by atoms with Gasteiger partial charge in [0, 0.05) is 49.1 Å². The third-order valence-corrected chi connectivity index (χ3v) is 9.02. The van der Waals surface area contributed by atoms with Crippen LogP contribution in [0.1, 0.15) is 31.9 Å². The molecule has 3 aromatic rings. The maximum Gasteiger partial charge on any atom is 0.245 e. The Kier molecular flexibility index (Phi) is 7.71. The van der Waals surface area contributed by atoms with Crippen LogP contribution in [-0.2, 0) is 26.2 Å². The van der Waals surface area contributed by atoms with Crippen molar-refractivity contribution in [2.45, 2.75) is 55.8 Å². The third-order valence-electron chi connectivity index (χ3n) is 7.32. The zero-order chi connectivity index (χ0) is 26.9. The van der Waals surface area contributed by atoms with Gasteiger partial charge in [0.1, 0.15) is 12.1 Å². The number of nitrogens with one attached hydrogen (secondary N) is 3. The molecule has 5 rings (SSSR count). The van der Waals surface area contributed by atoms with Crippen LogP contribution >= 0.6 is 11.6 Å². The van der Waals surface area contributed by atoms with Crippen molar-refractivity contribution in [3.63, 3.8) is 0 Å². The van der Waals surface area contributed by atoms with Gasteiger partial charge in [0.05, 0.1) is 11.2 Å². The number of benzene rings is 2. The molecule has 0 saturated carbocycles. The summed E-state index contributed by atoms with van der Waals surface area (Å²) in [7, 11) is -3.94. The second-order valence-electron chi connectivity index (χ2n) is 9.90. The number of halogens is 1. The minimum absolute atomic E-state index is 0.0738. The number of sulfonamides is 1. The number of hydrogen-bond donors (Lipinski definition) is 3. The molecule has 2 aliphatic heterocycles. The lowest BCUT2D eigenvalue weighted by Gasteiger charge is -2.36. The molecular weight excluding hydrogens is 528 g/mol. The van der Waals surface area contributed by atoms with Gasteiger partial charge >= 0.3 is 0 Å². The number of imidazole rings is 1. The number of hydrogen-bond acceptors (Lipinski definition) is 6. The summed E-state index contributed by atoms with van der Waals surface area (Å²) in [6.45, 7) is 3.86. The van der Waals surface area contributed by atoms with Crippen LogP contribution in [0.2, 0.25) is 5.02 Å². The number of likely N-dealkylation sites (tertiary alicyclic amines) is 2. The van der Waals surface area contributed by atoms with Gasteiger partial charge < -0.3 is 20.1 Å². The fraction of sp³-hybridized carbons (Fsp3) is 0.423. The van der Waals surface area contributed by atoms with Crippen molar-refractivity contribution < 1.29 is 18.0 Å². The van der Waals surface area contributed by atoms with Gasteiger partial charge in [-0.25, -0.2) is 13.4 Å². The molecule has 1 aromatic heterocycles. The van der Waals surface area contributed by atoms with Gasteiger partial charge in [-0.15, -0.1) is 0 Å². The number of rotatable bonds is 8. The molecule has 1 unspecified atom stereocenters. The molecule has 3 N–H and O–H groups in total. The Morgan fingerprint density at radius 3 is 2.76 bits per heavy atom. The molecule has 0 spiro atoms.